The second kappa shape index (κ2) is 5.13. The molecule has 2 atom stereocenters. The summed E-state index contributed by atoms with van der Waals surface area (Å²) in [6.45, 7) is 10.2. The molecule has 1 fully saturated rings. The summed E-state index contributed by atoms with van der Waals surface area (Å²) >= 11 is 0. The van der Waals surface area contributed by atoms with Crippen molar-refractivity contribution in [2.45, 2.75) is 51.5 Å². The lowest BCUT2D eigenvalue weighted by Gasteiger charge is -2.31. The number of nitrogens with two attached hydrogens (primary N) is 1. The van der Waals surface area contributed by atoms with Crippen molar-refractivity contribution in [1.82, 2.24) is 14.5 Å². The highest BCUT2D eigenvalue weighted by molar-refractivity contribution is 5.04. The highest BCUT2D eigenvalue weighted by Crippen LogP contribution is 2.41. The third-order valence-corrected chi connectivity index (χ3v) is 4.50. The molecule has 114 valence electrons. The van der Waals surface area contributed by atoms with Crippen LogP contribution in [0.5, 0.6) is 0 Å². The average Bonchev–Trinajstić information content (AvgIpc) is 2.74. The van der Waals surface area contributed by atoms with Gasteiger partial charge in [-0.05, 0) is 34.7 Å². The molecule has 1 aliphatic heterocycles. The summed E-state index contributed by atoms with van der Waals surface area (Å²) in [7, 11) is 4.14. The van der Waals surface area contributed by atoms with Gasteiger partial charge in [0.05, 0.1) is 17.7 Å². The quantitative estimate of drug-likeness (QED) is 0.905. The van der Waals surface area contributed by atoms with Gasteiger partial charge >= 0.3 is 0 Å². The van der Waals surface area contributed by atoms with E-state index in [-0.39, 0.29) is 17.2 Å². The Balaban J connectivity index is 2.04. The van der Waals surface area contributed by atoms with Crippen LogP contribution in [0, 0.1) is 5.92 Å². The molecule has 0 amide bonds. The van der Waals surface area contributed by atoms with Gasteiger partial charge in [0, 0.05) is 37.9 Å². The largest absolute Gasteiger partial charge is 0.368 e. The van der Waals surface area contributed by atoms with Crippen LogP contribution in [0.4, 0.5) is 0 Å². The van der Waals surface area contributed by atoms with E-state index in [9.17, 15) is 0 Å². The van der Waals surface area contributed by atoms with E-state index in [0.717, 1.165) is 18.9 Å². The van der Waals surface area contributed by atoms with Crippen LogP contribution in [0.2, 0.25) is 0 Å². The fourth-order valence-corrected chi connectivity index (χ4v) is 3.26. The van der Waals surface area contributed by atoms with Crippen LogP contribution in [0.15, 0.2) is 12.4 Å². The summed E-state index contributed by atoms with van der Waals surface area (Å²) in [6, 6.07) is 0.0429. The fourth-order valence-electron chi connectivity index (χ4n) is 3.26. The monoisotopic (exact) mass is 280 g/mol. The molecule has 1 aromatic rings. The van der Waals surface area contributed by atoms with Crippen molar-refractivity contribution in [3.05, 3.63) is 18.2 Å². The van der Waals surface area contributed by atoms with Crippen LogP contribution < -0.4 is 5.73 Å². The van der Waals surface area contributed by atoms with E-state index in [1.807, 2.05) is 19.4 Å². The second-order valence-electron chi connectivity index (χ2n) is 7.09. The maximum Gasteiger partial charge on any atom is 0.122 e. The van der Waals surface area contributed by atoms with Crippen LogP contribution in [-0.2, 0) is 18.3 Å². The topological polar surface area (TPSA) is 56.3 Å². The Morgan fingerprint density at radius 2 is 2.00 bits per heavy atom. The van der Waals surface area contributed by atoms with Gasteiger partial charge in [0.25, 0.3) is 0 Å². The first-order valence-corrected chi connectivity index (χ1v) is 7.24. The number of hydrogen-bond donors (Lipinski definition) is 1. The smallest absolute Gasteiger partial charge is 0.122 e. The highest BCUT2D eigenvalue weighted by atomic mass is 16.5. The summed E-state index contributed by atoms with van der Waals surface area (Å²) < 4.78 is 8.20. The minimum atomic E-state index is -0.266. The molecular formula is C15H28N4O. The Morgan fingerprint density at radius 3 is 2.45 bits per heavy atom. The number of aryl methyl sites for hydroxylation is 1. The number of imidazole rings is 1. The molecule has 1 saturated heterocycles. The number of ether oxygens (including phenoxy) is 1. The lowest BCUT2D eigenvalue weighted by Crippen LogP contribution is -2.47. The second-order valence-corrected chi connectivity index (χ2v) is 7.09. The van der Waals surface area contributed by atoms with Gasteiger partial charge in [-0.3, -0.25) is 4.90 Å². The third-order valence-electron chi connectivity index (χ3n) is 4.50. The Bertz CT molecular complexity index is 466. The van der Waals surface area contributed by atoms with E-state index in [2.05, 4.69) is 49.2 Å². The van der Waals surface area contributed by atoms with Crippen molar-refractivity contribution in [3.63, 3.8) is 0 Å². The lowest BCUT2D eigenvalue weighted by atomic mass is 9.83. The maximum atomic E-state index is 6.41. The SMILES string of the molecule is CN(Cc1nccn1C)CC1C(N)C(C)(C)OC1(C)C. The van der Waals surface area contributed by atoms with Gasteiger partial charge in [-0.2, -0.15) is 0 Å². The van der Waals surface area contributed by atoms with Crippen LogP contribution >= 0.6 is 0 Å². The van der Waals surface area contributed by atoms with Gasteiger partial charge in [0.2, 0.25) is 0 Å². The van der Waals surface area contributed by atoms with Crippen molar-refractivity contribution in [1.29, 1.82) is 0 Å². The average molecular weight is 280 g/mol. The molecule has 0 spiro atoms. The standard InChI is InChI=1S/C15H28N4O/c1-14(2)11(13(16)15(3,4)20-14)9-18(5)10-12-17-7-8-19(12)6/h7-8,11,13H,9-10,16H2,1-6H3. The molecule has 1 aliphatic rings. The molecule has 2 heterocycles. The fraction of sp³-hybridized carbons (Fsp3) is 0.800. The molecule has 20 heavy (non-hydrogen) atoms. The summed E-state index contributed by atoms with van der Waals surface area (Å²) in [5.41, 5.74) is 5.95. The molecule has 0 saturated carbocycles. The number of hydrogen-bond acceptors (Lipinski definition) is 4. The normalized spacial score (nSPS) is 28.2. The molecule has 2 unspecified atom stereocenters. The molecule has 2 N–H and O–H groups in total. The van der Waals surface area contributed by atoms with Crippen LogP contribution in [-0.4, -0.2) is 45.3 Å². The molecule has 0 aliphatic carbocycles. The van der Waals surface area contributed by atoms with E-state index in [0.29, 0.717) is 5.92 Å². The van der Waals surface area contributed by atoms with Crippen LogP contribution in [0.3, 0.4) is 0 Å². The Kier molecular flexibility index (Phi) is 3.97. The first-order chi connectivity index (χ1) is 9.13. The van der Waals surface area contributed by atoms with Crippen molar-refractivity contribution in [2.75, 3.05) is 13.6 Å². The van der Waals surface area contributed by atoms with Crippen molar-refractivity contribution in [3.8, 4) is 0 Å². The minimum Gasteiger partial charge on any atom is -0.368 e. The zero-order valence-electron chi connectivity index (χ0n) is 13.6. The predicted octanol–water partition coefficient (Wildman–Crippen LogP) is 1.38. The molecule has 1 aromatic heterocycles. The van der Waals surface area contributed by atoms with E-state index >= 15 is 0 Å². The molecule has 0 bridgehead atoms. The molecule has 0 aromatic carbocycles. The molecular weight excluding hydrogens is 252 g/mol. The van der Waals surface area contributed by atoms with Gasteiger partial charge in [-0.15, -0.1) is 0 Å². The number of aromatic nitrogens is 2. The third kappa shape index (κ3) is 2.90. The van der Waals surface area contributed by atoms with Crippen molar-refractivity contribution < 1.29 is 4.74 Å². The number of nitrogens with zero attached hydrogens (tertiary/aromatic N) is 3. The maximum absolute atomic E-state index is 6.41. The van der Waals surface area contributed by atoms with Crippen molar-refractivity contribution >= 4 is 0 Å². The Labute approximate surface area is 122 Å². The van der Waals surface area contributed by atoms with E-state index < -0.39 is 0 Å². The molecule has 5 heteroatoms. The first kappa shape index (κ1) is 15.5. The number of rotatable bonds is 4. The molecule has 5 nitrogen and oxygen atoms in total. The van der Waals surface area contributed by atoms with Gasteiger partial charge in [-0.25, -0.2) is 4.98 Å². The zero-order chi connectivity index (χ0) is 15.1. The zero-order valence-corrected chi connectivity index (χ0v) is 13.6. The minimum absolute atomic E-state index is 0.0429. The Morgan fingerprint density at radius 1 is 1.35 bits per heavy atom. The first-order valence-electron chi connectivity index (χ1n) is 7.24. The van der Waals surface area contributed by atoms with Gasteiger partial charge in [0.15, 0.2) is 0 Å². The van der Waals surface area contributed by atoms with Crippen LogP contribution in [0.25, 0.3) is 0 Å². The van der Waals surface area contributed by atoms with Crippen LogP contribution in [0.1, 0.15) is 33.5 Å². The summed E-state index contributed by atoms with van der Waals surface area (Å²) in [5, 5.41) is 0. The van der Waals surface area contributed by atoms with Gasteiger partial charge in [-0.1, -0.05) is 0 Å². The van der Waals surface area contributed by atoms with Crippen molar-refractivity contribution in [2.24, 2.45) is 18.7 Å². The molecule has 0 radical (unpaired) electrons. The predicted molar refractivity (Wildman–Crippen MR) is 80.3 cm³/mol. The lowest BCUT2D eigenvalue weighted by molar-refractivity contribution is -0.0782. The summed E-state index contributed by atoms with van der Waals surface area (Å²) in [6.07, 6.45) is 3.81. The van der Waals surface area contributed by atoms with Gasteiger partial charge in [0.1, 0.15) is 5.82 Å². The van der Waals surface area contributed by atoms with E-state index in [1.54, 1.807) is 0 Å². The van der Waals surface area contributed by atoms with E-state index in [1.165, 1.54) is 0 Å². The molecule has 2 rings (SSSR count). The van der Waals surface area contributed by atoms with E-state index in [4.69, 9.17) is 10.5 Å². The summed E-state index contributed by atoms with van der Waals surface area (Å²) in [5.74, 6) is 1.37. The summed E-state index contributed by atoms with van der Waals surface area (Å²) in [4.78, 5) is 6.65. The van der Waals surface area contributed by atoms with Gasteiger partial charge < -0.3 is 15.0 Å². The Hall–Kier alpha value is -0.910. The highest BCUT2D eigenvalue weighted by Gasteiger charge is 2.52.